The van der Waals surface area contributed by atoms with Crippen molar-refractivity contribution in [1.29, 1.82) is 0 Å². The van der Waals surface area contributed by atoms with Crippen molar-refractivity contribution < 1.29 is 14.3 Å². The molecule has 8 heteroatoms. The zero-order valence-corrected chi connectivity index (χ0v) is 22.6. The van der Waals surface area contributed by atoms with Gasteiger partial charge in [0.05, 0.1) is 19.1 Å². The molecule has 3 aromatic rings. The number of carbonyl (C=O) groups excluding carboxylic acids is 1. The molecule has 0 N–H and O–H groups in total. The van der Waals surface area contributed by atoms with E-state index in [2.05, 4.69) is 21.9 Å². The predicted molar refractivity (Wildman–Crippen MR) is 147 cm³/mol. The van der Waals surface area contributed by atoms with Crippen molar-refractivity contribution in [2.24, 2.45) is 5.92 Å². The Hall–Kier alpha value is -2.55. The zero-order valence-electron chi connectivity index (χ0n) is 21.8. The Balaban J connectivity index is 1.28. The predicted octanol–water partition coefficient (Wildman–Crippen LogP) is 5.31. The Morgan fingerprint density at radius 2 is 1.81 bits per heavy atom. The number of anilines is 1. The van der Waals surface area contributed by atoms with Crippen molar-refractivity contribution in [2.45, 2.75) is 57.5 Å². The van der Waals surface area contributed by atoms with Crippen molar-refractivity contribution in [3.05, 3.63) is 41.0 Å². The number of thiophene rings is 1. The molecular formula is C29H36N4O3S. The molecule has 0 spiro atoms. The van der Waals surface area contributed by atoms with Gasteiger partial charge in [0.1, 0.15) is 21.3 Å². The first-order chi connectivity index (χ1) is 18.1. The summed E-state index contributed by atoms with van der Waals surface area (Å²) < 4.78 is 11.4. The summed E-state index contributed by atoms with van der Waals surface area (Å²) >= 11 is 1.41. The average Bonchev–Trinajstić information content (AvgIpc) is 3.63. The Kier molecular flexibility index (Phi) is 7.14. The fourth-order valence-corrected chi connectivity index (χ4v) is 7.77. The summed E-state index contributed by atoms with van der Waals surface area (Å²) in [6, 6.07) is 11.0. The molecule has 2 unspecified atom stereocenters. The highest BCUT2D eigenvalue weighted by Crippen LogP contribution is 2.48. The number of aryl methyl sites for hydroxylation is 1. The SMILES string of the molecule is COC(=O)c1sc2nc(C)nc(N3C4CCC3CC(COCCN3CCCC3)C4)c2c1-c1ccccc1. The number of esters is 1. The van der Waals surface area contributed by atoms with Crippen LogP contribution < -0.4 is 4.90 Å². The normalized spacial score (nSPS) is 23.7. The van der Waals surface area contributed by atoms with Crippen molar-refractivity contribution in [3.8, 4) is 11.1 Å². The molecule has 5 heterocycles. The van der Waals surface area contributed by atoms with Gasteiger partial charge in [-0.2, -0.15) is 0 Å². The number of hydrogen-bond acceptors (Lipinski definition) is 8. The molecule has 6 rings (SSSR count). The molecule has 196 valence electrons. The van der Waals surface area contributed by atoms with Gasteiger partial charge in [0, 0.05) is 30.8 Å². The molecule has 3 aliphatic heterocycles. The minimum absolute atomic E-state index is 0.321. The second-order valence-electron chi connectivity index (χ2n) is 10.7. The molecule has 0 aliphatic carbocycles. The maximum absolute atomic E-state index is 12.9. The van der Waals surface area contributed by atoms with Gasteiger partial charge in [-0.05, 0) is 70.0 Å². The Labute approximate surface area is 222 Å². The number of nitrogens with zero attached hydrogens (tertiary/aromatic N) is 4. The van der Waals surface area contributed by atoms with Crippen LogP contribution in [0.15, 0.2) is 30.3 Å². The summed E-state index contributed by atoms with van der Waals surface area (Å²) in [5, 5.41) is 0.986. The van der Waals surface area contributed by atoms with Crippen LogP contribution in [0.1, 0.15) is 54.0 Å². The largest absolute Gasteiger partial charge is 0.465 e. The molecular weight excluding hydrogens is 484 g/mol. The molecule has 2 aromatic heterocycles. The van der Waals surface area contributed by atoms with Gasteiger partial charge in [0.15, 0.2) is 0 Å². The quantitative estimate of drug-likeness (QED) is 0.294. The summed E-state index contributed by atoms with van der Waals surface area (Å²) in [6.07, 6.45) is 7.25. The first kappa shape index (κ1) is 24.8. The van der Waals surface area contributed by atoms with Crippen LogP contribution in [0.5, 0.6) is 0 Å². The number of fused-ring (bicyclic) bond motifs is 3. The van der Waals surface area contributed by atoms with Gasteiger partial charge >= 0.3 is 5.97 Å². The highest BCUT2D eigenvalue weighted by atomic mass is 32.1. The molecule has 0 amide bonds. The number of methoxy groups -OCH3 is 1. The van der Waals surface area contributed by atoms with Gasteiger partial charge in [-0.15, -0.1) is 11.3 Å². The van der Waals surface area contributed by atoms with E-state index >= 15 is 0 Å². The number of rotatable bonds is 8. The van der Waals surface area contributed by atoms with Crippen LogP contribution in [0.4, 0.5) is 5.82 Å². The maximum atomic E-state index is 12.9. The van der Waals surface area contributed by atoms with E-state index in [0.29, 0.717) is 22.9 Å². The molecule has 3 saturated heterocycles. The Morgan fingerprint density at radius 1 is 1.08 bits per heavy atom. The molecule has 0 saturated carbocycles. The second-order valence-corrected chi connectivity index (χ2v) is 11.7. The highest BCUT2D eigenvalue weighted by Gasteiger charge is 2.43. The minimum Gasteiger partial charge on any atom is -0.465 e. The second kappa shape index (κ2) is 10.7. The summed E-state index contributed by atoms with van der Waals surface area (Å²) in [5.41, 5.74) is 1.89. The lowest BCUT2D eigenvalue weighted by atomic mass is 9.91. The lowest BCUT2D eigenvalue weighted by Crippen LogP contribution is -2.44. The third-order valence-corrected chi connectivity index (χ3v) is 9.32. The third kappa shape index (κ3) is 4.87. The summed E-state index contributed by atoms with van der Waals surface area (Å²) in [6.45, 7) is 7.16. The van der Waals surface area contributed by atoms with Crippen LogP contribution in [0.2, 0.25) is 0 Å². The van der Waals surface area contributed by atoms with E-state index in [1.54, 1.807) is 0 Å². The topological polar surface area (TPSA) is 67.8 Å². The average molecular weight is 521 g/mol. The maximum Gasteiger partial charge on any atom is 0.348 e. The summed E-state index contributed by atoms with van der Waals surface area (Å²) in [4.78, 5) is 29.2. The van der Waals surface area contributed by atoms with E-state index in [1.165, 1.54) is 57.2 Å². The van der Waals surface area contributed by atoms with Gasteiger partial charge < -0.3 is 19.3 Å². The van der Waals surface area contributed by atoms with E-state index in [4.69, 9.17) is 19.4 Å². The number of likely N-dealkylation sites (tertiary alicyclic amines) is 1. The summed E-state index contributed by atoms with van der Waals surface area (Å²) in [7, 11) is 1.44. The Morgan fingerprint density at radius 3 is 2.51 bits per heavy atom. The molecule has 2 atom stereocenters. The number of ether oxygens (including phenoxy) is 2. The smallest absolute Gasteiger partial charge is 0.348 e. The fraction of sp³-hybridized carbons (Fsp3) is 0.552. The van der Waals surface area contributed by atoms with Crippen molar-refractivity contribution in [1.82, 2.24) is 14.9 Å². The molecule has 37 heavy (non-hydrogen) atoms. The van der Waals surface area contributed by atoms with Crippen LogP contribution in [0.25, 0.3) is 21.3 Å². The lowest BCUT2D eigenvalue weighted by Gasteiger charge is -2.40. The molecule has 7 nitrogen and oxygen atoms in total. The van der Waals surface area contributed by atoms with Gasteiger partial charge in [-0.1, -0.05) is 30.3 Å². The van der Waals surface area contributed by atoms with Crippen LogP contribution in [0.3, 0.4) is 0 Å². The minimum atomic E-state index is -0.321. The monoisotopic (exact) mass is 520 g/mol. The standard InChI is InChI=1S/C29H36N4O3S/c1-19-30-27(25-24(21-8-4-3-5-9-21)26(29(34)35-2)37-28(25)31-19)33-22-10-11-23(33)17-20(16-22)18-36-15-14-32-12-6-7-13-32/h3-5,8-9,20,22-23H,6-7,10-18H2,1-2H3. The first-order valence-electron chi connectivity index (χ1n) is 13.7. The van der Waals surface area contributed by atoms with Crippen LogP contribution in [-0.2, 0) is 9.47 Å². The van der Waals surface area contributed by atoms with Crippen LogP contribution in [-0.4, -0.2) is 72.9 Å². The fourth-order valence-electron chi connectivity index (χ4n) is 6.61. The number of carbonyl (C=O) groups is 1. The summed E-state index contributed by atoms with van der Waals surface area (Å²) in [5.74, 6) is 1.99. The number of benzene rings is 1. The first-order valence-corrected chi connectivity index (χ1v) is 14.5. The highest BCUT2D eigenvalue weighted by molar-refractivity contribution is 7.21. The van der Waals surface area contributed by atoms with Gasteiger partial charge in [-0.3, -0.25) is 0 Å². The van der Waals surface area contributed by atoms with Crippen LogP contribution >= 0.6 is 11.3 Å². The number of aromatic nitrogens is 2. The van der Waals surface area contributed by atoms with E-state index in [9.17, 15) is 4.79 Å². The third-order valence-electron chi connectivity index (χ3n) is 8.26. The van der Waals surface area contributed by atoms with Crippen molar-refractivity contribution >= 4 is 33.3 Å². The van der Waals surface area contributed by atoms with Gasteiger partial charge in [0.2, 0.25) is 0 Å². The van der Waals surface area contributed by atoms with E-state index < -0.39 is 0 Å². The number of hydrogen-bond donors (Lipinski definition) is 0. The zero-order chi connectivity index (χ0) is 25.4. The van der Waals surface area contributed by atoms with Crippen molar-refractivity contribution in [2.75, 3.05) is 44.9 Å². The Bertz CT molecular complexity index is 1240. The van der Waals surface area contributed by atoms with E-state index in [0.717, 1.165) is 65.6 Å². The van der Waals surface area contributed by atoms with E-state index in [1.807, 2.05) is 25.1 Å². The van der Waals surface area contributed by atoms with Gasteiger partial charge in [-0.25, -0.2) is 14.8 Å². The molecule has 3 aliphatic rings. The van der Waals surface area contributed by atoms with Gasteiger partial charge in [0.25, 0.3) is 0 Å². The number of piperidine rings is 1. The molecule has 3 fully saturated rings. The van der Waals surface area contributed by atoms with Crippen LogP contribution in [0, 0.1) is 12.8 Å². The molecule has 0 radical (unpaired) electrons. The van der Waals surface area contributed by atoms with Crippen molar-refractivity contribution in [3.63, 3.8) is 0 Å². The lowest BCUT2D eigenvalue weighted by molar-refractivity contribution is 0.0607. The van der Waals surface area contributed by atoms with E-state index in [-0.39, 0.29) is 5.97 Å². The molecule has 1 aromatic carbocycles. The molecule has 2 bridgehead atoms.